The van der Waals surface area contributed by atoms with E-state index in [1.54, 1.807) is 47.1 Å². The Bertz CT molecular complexity index is 1410. The fourth-order valence-corrected chi connectivity index (χ4v) is 3.42. The maximum Gasteiger partial charge on any atom is 0.348 e. The molecule has 0 unspecified atom stereocenters. The number of nitrogens with zero attached hydrogens (tertiary/aromatic N) is 3. The Labute approximate surface area is 193 Å². The summed E-state index contributed by atoms with van der Waals surface area (Å²) < 4.78 is 17.6. The Balaban J connectivity index is 1.72. The molecular formula is C24H19N3O7. The highest BCUT2D eigenvalue weighted by Crippen LogP contribution is 2.31. The Hall–Kier alpha value is -4.73. The third-order valence-corrected chi connectivity index (χ3v) is 4.93. The first kappa shape index (κ1) is 22.5. The second-order valence-electron chi connectivity index (χ2n) is 7.25. The van der Waals surface area contributed by atoms with Gasteiger partial charge in [0, 0.05) is 19.1 Å². The van der Waals surface area contributed by atoms with Gasteiger partial charge in [0.05, 0.1) is 29.5 Å². The van der Waals surface area contributed by atoms with E-state index in [0.29, 0.717) is 22.2 Å². The van der Waals surface area contributed by atoms with E-state index < -0.39 is 16.9 Å². The van der Waals surface area contributed by atoms with E-state index in [2.05, 4.69) is 5.10 Å². The van der Waals surface area contributed by atoms with Gasteiger partial charge >= 0.3 is 11.9 Å². The monoisotopic (exact) mass is 461 g/mol. The van der Waals surface area contributed by atoms with Crippen LogP contribution in [0.25, 0.3) is 10.9 Å². The van der Waals surface area contributed by atoms with Crippen LogP contribution in [0.1, 0.15) is 22.8 Å². The summed E-state index contributed by atoms with van der Waals surface area (Å²) in [4.78, 5) is 35.0. The largest absolute Gasteiger partial charge is 0.497 e. The molecule has 4 rings (SSSR count). The van der Waals surface area contributed by atoms with E-state index in [9.17, 15) is 19.7 Å². The number of carbonyl (C=O) groups excluding carboxylic acids is 2. The minimum absolute atomic E-state index is 0.0157. The molecule has 0 amide bonds. The van der Waals surface area contributed by atoms with Crippen LogP contribution in [0.15, 0.2) is 66.7 Å². The lowest BCUT2D eigenvalue weighted by Crippen LogP contribution is -2.13. The Morgan fingerprint density at radius 2 is 1.82 bits per heavy atom. The average molecular weight is 461 g/mol. The molecule has 10 heteroatoms. The summed E-state index contributed by atoms with van der Waals surface area (Å²) in [5.41, 5.74) is 1.29. The quantitative estimate of drug-likeness (QED) is 0.174. The molecule has 0 aliphatic heterocycles. The highest BCUT2D eigenvalue weighted by molar-refractivity contribution is 5.97. The van der Waals surface area contributed by atoms with Crippen LogP contribution in [0.4, 0.5) is 5.69 Å². The van der Waals surface area contributed by atoms with Gasteiger partial charge in [-0.15, -0.1) is 5.10 Å². The molecule has 34 heavy (non-hydrogen) atoms. The molecule has 0 bridgehead atoms. The summed E-state index contributed by atoms with van der Waals surface area (Å²) in [6.45, 7) is 1.43. The van der Waals surface area contributed by atoms with Crippen LogP contribution in [-0.4, -0.2) is 33.8 Å². The third-order valence-electron chi connectivity index (χ3n) is 4.93. The number of rotatable bonds is 7. The second-order valence-corrected chi connectivity index (χ2v) is 7.25. The molecule has 172 valence electrons. The molecule has 0 atom stereocenters. The molecule has 0 aliphatic rings. The van der Waals surface area contributed by atoms with Crippen molar-refractivity contribution in [3.63, 3.8) is 0 Å². The number of non-ortho nitro benzene ring substituents is 1. The van der Waals surface area contributed by atoms with Crippen molar-refractivity contribution in [1.29, 1.82) is 0 Å². The van der Waals surface area contributed by atoms with Crippen molar-refractivity contribution in [2.75, 3.05) is 7.11 Å². The zero-order valence-electron chi connectivity index (χ0n) is 18.3. The van der Waals surface area contributed by atoms with Gasteiger partial charge in [-0.05, 0) is 35.9 Å². The Morgan fingerprint density at radius 1 is 1.03 bits per heavy atom. The summed E-state index contributed by atoms with van der Waals surface area (Å²) in [5, 5.41) is 16.1. The predicted molar refractivity (Wildman–Crippen MR) is 121 cm³/mol. The van der Waals surface area contributed by atoms with E-state index in [1.165, 1.54) is 38.3 Å². The Morgan fingerprint density at radius 3 is 2.56 bits per heavy atom. The third kappa shape index (κ3) is 4.70. The first-order valence-electron chi connectivity index (χ1n) is 10.1. The molecule has 0 spiro atoms. The first-order valence-corrected chi connectivity index (χ1v) is 10.1. The number of carbonyl (C=O) groups is 2. The molecular weight excluding hydrogens is 442 g/mol. The van der Waals surface area contributed by atoms with E-state index in [-0.39, 0.29) is 29.4 Å². The summed E-state index contributed by atoms with van der Waals surface area (Å²) >= 11 is 0. The van der Waals surface area contributed by atoms with Gasteiger partial charge in [-0.2, -0.15) is 0 Å². The number of nitro groups is 1. The number of aromatic nitrogens is 2. The van der Waals surface area contributed by atoms with Crippen LogP contribution in [0, 0.1) is 10.1 Å². The average Bonchev–Trinajstić information content (AvgIpc) is 3.15. The Kier molecular flexibility index (Phi) is 6.22. The number of hydrogen-bond donors (Lipinski definition) is 0. The van der Waals surface area contributed by atoms with Crippen molar-refractivity contribution in [3.05, 3.63) is 88.0 Å². The van der Waals surface area contributed by atoms with Crippen LogP contribution in [-0.2, 0) is 11.3 Å². The lowest BCUT2D eigenvalue weighted by atomic mass is 10.2. The van der Waals surface area contributed by atoms with Crippen LogP contribution < -0.4 is 14.2 Å². The summed E-state index contributed by atoms with van der Waals surface area (Å²) in [5.74, 6) is -0.724. The lowest BCUT2D eigenvalue weighted by Gasteiger charge is -2.07. The number of para-hydroxylation sites is 1. The van der Waals surface area contributed by atoms with Crippen molar-refractivity contribution in [1.82, 2.24) is 9.78 Å². The van der Waals surface area contributed by atoms with Crippen LogP contribution in [0.5, 0.6) is 17.4 Å². The molecule has 10 nitrogen and oxygen atoms in total. The predicted octanol–water partition coefficient (Wildman–Crippen LogP) is 4.15. The normalized spacial score (nSPS) is 10.6. The minimum atomic E-state index is -0.762. The molecule has 1 heterocycles. The maximum atomic E-state index is 12.9. The van der Waals surface area contributed by atoms with Crippen LogP contribution in [0.2, 0.25) is 0 Å². The molecule has 0 saturated heterocycles. The zero-order chi connectivity index (χ0) is 24.2. The van der Waals surface area contributed by atoms with E-state index in [1.807, 2.05) is 0 Å². The van der Waals surface area contributed by atoms with Gasteiger partial charge in [-0.3, -0.25) is 19.6 Å². The standard InChI is InChI=1S/C24H19N3O7/c1-15(28)33-22-9-4-3-8-19(22)24(29)34-23-20-13-18(32-2)10-11-21(20)26(25-23)14-16-6-5-7-17(12-16)27(30)31/h3-13H,14H2,1-2H3. The lowest BCUT2D eigenvalue weighted by molar-refractivity contribution is -0.384. The molecule has 3 aromatic carbocycles. The fourth-order valence-electron chi connectivity index (χ4n) is 3.42. The molecule has 4 aromatic rings. The van der Waals surface area contributed by atoms with Crippen molar-refractivity contribution >= 4 is 28.5 Å². The highest BCUT2D eigenvalue weighted by Gasteiger charge is 2.21. The smallest absolute Gasteiger partial charge is 0.348 e. The zero-order valence-corrected chi connectivity index (χ0v) is 18.3. The molecule has 0 radical (unpaired) electrons. The molecule has 0 saturated carbocycles. The van der Waals surface area contributed by atoms with Gasteiger partial charge in [-0.25, -0.2) is 4.79 Å². The number of esters is 2. The summed E-state index contributed by atoms with van der Waals surface area (Å²) in [7, 11) is 1.51. The summed E-state index contributed by atoms with van der Waals surface area (Å²) in [6.07, 6.45) is 0. The second kappa shape index (κ2) is 9.41. The molecule has 0 aliphatic carbocycles. The van der Waals surface area contributed by atoms with Gasteiger partial charge < -0.3 is 14.2 Å². The van der Waals surface area contributed by atoms with E-state index in [4.69, 9.17) is 14.2 Å². The van der Waals surface area contributed by atoms with Gasteiger partial charge in [0.15, 0.2) is 0 Å². The number of methoxy groups -OCH3 is 1. The van der Waals surface area contributed by atoms with Gasteiger partial charge in [0.25, 0.3) is 5.69 Å². The summed E-state index contributed by atoms with van der Waals surface area (Å²) in [6, 6.07) is 17.6. The number of benzene rings is 3. The van der Waals surface area contributed by atoms with Gasteiger partial charge in [0.1, 0.15) is 17.1 Å². The number of nitro benzene ring substituents is 1. The SMILES string of the molecule is COc1ccc2c(c1)c(OC(=O)c1ccccc1OC(C)=O)nn2Cc1cccc([N+](=O)[O-])c1. The number of hydrogen-bond acceptors (Lipinski definition) is 8. The molecule has 0 N–H and O–H groups in total. The topological polar surface area (TPSA) is 123 Å². The van der Waals surface area contributed by atoms with Crippen molar-refractivity contribution in [2.24, 2.45) is 0 Å². The molecule has 1 aromatic heterocycles. The van der Waals surface area contributed by atoms with E-state index in [0.717, 1.165) is 0 Å². The van der Waals surface area contributed by atoms with Gasteiger partial charge in [-0.1, -0.05) is 24.3 Å². The van der Waals surface area contributed by atoms with Crippen molar-refractivity contribution < 1.29 is 28.7 Å². The van der Waals surface area contributed by atoms with Crippen LogP contribution in [0.3, 0.4) is 0 Å². The number of ether oxygens (including phenoxy) is 3. The fraction of sp³-hybridized carbons (Fsp3) is 0.125. The van der Waals surface area contributed by atoms with E-state index >= 15 is 0 Å². The van der Waals surface area contributed by atoms with Crippen molar-refractivity contribution in [2.45, 2.75) is 13.5 Å². The minimum Gasteiger partial charge on any atom is -0.497 e. The number of fused-ring (bicyclic) bond motifs is 1. The van der Waals surface area contributed by atoms with Gasteiger partial charge in [0.2, 0.25) is 5.88 Å². The first-order chi connectivity index (χ1) is 16.4. The molecule has 0 fully saturated rings. The highest BCUT2D eigenvalue weighted by atomic mass is 16.6. The van der Waals surface area contributed by atoms with Crippen molar-refractivity contribution in [3.8, 4) is 17.4 Å². The maximum absolute atomic E-state index is 12.9. The van der Waals surface area contributed by atoms with Crippen LogP contribution >= 0.6 is 0 Å².